The summed E-state index contributed by atoms with van der Waals surface area (Å²) in [6.45, 7) is 2.24. The van der Waals surface area contributed by atoms with Crippen molar-refractivity contribution in [2.45, 2.75) is 19.1 Å². The van der Waals surface area contributed by atoms with E-state index in [1.54, 1.807) is 24.3 Å². The van der Waals surface area contributed by atoms with Crippen LogP contribution in [0.4, 0.5) is 0 Å². The molecule has 7 nitrogen and oxygen atoms in total. The number of nitrogens with zero attached hydrogens (tertiary/aromatic N) is 2. The first-order valence-corrected chi connectivity index (χ1v) is 6.86. The minimum atomic E-state index is -0.886. The number of furan rings is 1. The smallest absolute Gasteiger partial charge is 0.306 e. The quantitative estimate of drug-likeness (QED) is 0.819. The second-order valence-corrected chi connectivity index (χ2v) is 5.15. The third-order valence-electron chi connectivity index (χ3n) is 3.38. The lowest BCUT2D eigenvalue weighted by molar-refractivity contribution is -0.142. The number of likely N-dealkylation sites (N-methyl/N-ethyl adjacent to an activating group) is 1. The molecule has 7 heteroatoms. The molecule has 1 aromatic heterocycles. The van der Waals surface area contributed by atoms with Gasteiger partial charge >= 0.3 is 5.97 Å². The molecule has 2 heterocycles. The Bertz CT molecular complexity index is 474. The van der Waals surface area contributed by atoms with E-state index in [9.17, 15) is 9.59 Å². The number of morpholine rings is 1. The van der Waals surface area contributed by atoms with Crippen LogP contribution < -0.4 is 0 Å². The van der Waals surface area contributed by atoms with Gasteiger partial charge in [-0.1, -0.05) is 0 Å². The largest absolute Gasteiger partial charge is 0.481 e. The number of hydrogen-bond donors (Lipinski definition) is 1. The molecule has 0 aromatic carbocycles. The Hall–Kier alpha value is -1.86. The van der Waals surface area contributed by atoms with Gasteiger partial charge in [-0.2, -0.15) is 0 Å². The summed E-state index contributed by atoms with van der Waals surface area (Å²) in [5, 5.41) is 8.78. The van der Waals surface area contributed by atoms with Gasteiger partial charge in [0.15, 0.2) is 0 Å². The minimum Gasteiger partial charge on any atom is -0.481 e. The number of ether oxygens (including phenoxy) is 1. The van der Waals surface area contributed by atoms with Gasteiger partial charge in [0.25, 0.3) is 0 Å². The van der Waals surface area contributed by atoms with Gasteiger partial charge in [-0.3, -0.25) is 14.5 Å². The first-order valence-electron chi connectivity index (χ1n) is 6.86. The van der Waals surface area contributed by atoms with Gasteiger partial charge in [0.05, 0.1) is 38.5 Å². The fourth-order valence-electron chi connectivity index (χ4n) is 2.28. The number of carboxylic acid groups (broad SMARTS) is 1. The van der Waals surface area contributed by atoms with Gasteiger partial charge in [0.2, 0.25) is 5.91 Å². The van der Waals surface area contributed by atoms with Crippen LogP contribution in [0.5, 0.6) is 0 Å². The maximum atomic E-state index is 12.2. The van der Waals surface area contributed by atoms with Gasteiger partial charge in [-0.25, -0.2) is 0 Å². The number of hydrogen-bond acceptors (Lipinski definition) is 5. The molecule has 1 aromatic rings. The van der Waals surface area contributed by atoms with Crippen molar-refractivity contribution in [1.82, 2.24) is 9.80 Å². The zero-order valence-corrected chi connectivity index (χ0v) is 12.0. The molecule has 1 atom stereocenters. The van der Waals surface area contributed by atoms with Crippen LogP contribution >= 0.6 is 0 Å². The van der Waals surface area contributed by atoms with Crippen LogP contribution in [0.15, 0.2) is 22.8 Å². The molecule has 0 spiro atoms. The molecule has 1 saturated heterocycles. The lowest BCUT2D eigenvalue weighted by atomic mass is 10.2. The van der Waals surface area contributed by atoms with E-state index in [0.717, 1.165) is 5.76 Å². The molecule has 1 aliphatic rings. The second kappa shape index (κ2) is 7.24. The molecule has 1 fully saturated rings. The number of carbonyl (C=O) groups excluding carboxylic acids is 1. The van der Waals surface area contributed by atoms with Crippen LogP contribution in [-0.4, -0.2) is 66.2 Å². The van der Waals surface area contributed by atoms with Crippen molar-refractivity contribution in [1.29, 1.82) is 0 Å². The van der Waals surface area contributed by atoms with Crippen molar-refractivity contribution >= 4 is 11.9 Å². The summed E-state index contributed by atoms with van der Waals surface area (Å²) in [6.07, 6.45) is 1.19. The van der Waals surface area contributed by atoms with Crippen LogP contribution in [0.25, 0.3) is 0 Å². The highest BCUT2D eigenvalue weighted by Crippen LogP contribution is 2.10. The lowest BCUT2D eigenvalue weighted by Crippen LogP contribution is -2.47. The van der Waals surface area contributed by atoms with Crippen molar-refractivity contribution in [3.8, 4) is 0 Å². The van der Waals surface area contributed by atoms with E-state index < -0.39 is 5.97 Å². The highest BCUT2D eigenvalue weighted by Gasteiger charge is 2.25. The molecular weight excluding hydrogens is 276 g/mol. The van der Waals surface area contributed by atoms with E-state index in [1.807, 2.05) is 11.0 Å². The standard InChI is InChI=1S/C14H20N2O5/c1-15(8-11-3-2-5-20-11)13(17)10-16-4-6-21-12(9-16)7-14(18)19/h2-3,5,12H,4,6-10H2,1H3,(H,18,19). The zero-order valence-electron chi connectivity index (χ0n) is 12.0. The summed E-state index contributed by atoms with van der Waals surface area (Å²) in [4.78, 5) is 26.4. The molecule has 1 N–H and O–H groups in total. The summed E-state index contributed by atoms with van der Waals surface area (Å²) in [5.74, 6) is -0.179. The van der Waals surface area contributed by atoms with Crippen LogP contribution in [0.1, 0.15) is 12.2 Å². The van der Waals surface area contributed by atoms with E-state index in [-0.39, 0.29) is 25.0 Å². The van der Waals surface area contributed by atoms with Gasteiger partial charge in [-0.05, 0) is 12.1 Å². The Balaban J connectivity index is 1.79. The van der Waals surface area contributed by atoms with Crippen LogP contribution in [0, 0.1) is 0 Å². The van der Waals surface area contributed by atoms with Crippen LogP contribution in [0.2, 0.25) is 0 Å². The first-order chi connectivity index (χ1) is 10.0. The Labute approximate surface area is 123 Å². The molecule has 1 aliphatic heterocycles. The molecule has 0 radical (unpaired) electrons. The second-order valence-electron chi connectivity index (χ2n) is 5.15. The van der Waals surface area contributed by atoms with Gasteiger partial charge in [0.1, 0.15) is 5.76 Å². The lowest BCUT2D eigenvalue weighted by Gasteiger charge is -2.32. The number of rotatable bonds is 6. The minimum absolute atomic E-state index is 0.0256. The molecule has 21 heavy (non-hydrogen) atoms. The van der Waals surface area contributed by atoms with E-state index in [1.165, 1.54) is 0 Å². The topological polar surface area (TPSA) is 83.2 Å². The fraction of sp³-hybridized carbons (Fsp3) is 0.571. The summed E-state index contributed by atoms with van der Waals surface area (Å²) < 4.78 is 10.6. The van der Waals surface area contributed by atoms with E-state index in [2.05, 4.69) is 0 Å². The Kier molecular flexibility index (Phi) is 5.35. The van der Waals surface area contributed by atoms with E-state index in [4.69, 9.17) is 14.3 Å². The average molecular weight is 296 g/mol. The monoisotopic (exact) mass is 296 g/mol. The Morgan fingerprint density at radius 1 is 1.52 bits per heavy atom. The molecule has 1 amide bonds. The summed E-state index contributed by atoms with van der Waals surface area (Å²) in [5.41, 5.74) is 0. The number of amides is 1. The normalized spacial score (nSPS) is 19.4. The zero-order chi connectivity index (χ0) is 15.2. The van der Waals surface area contributed by atoms with Crippen molar-refractivity contribution < 1.29 is 23.8 Å². The first kappa shape index (κ1) is 15.5. The highest BCUT2D eigenvalue weighted by molar-refractivity contribution is 5.78. The predicted molar refractivity (Wildman–Crippen MR) is 73.6 cm³/mol. The molecule has 0 aliphatic carbocycles. The Morgan fingerprint density at radius 3 is 3.00 bits per heavy atom. The molecule has 116 valence electrons. The molecular formula is C14H20N2O5. The third-order valence-corrected chi connectivity index (χ3v) is 3.38. The maximum Gasteiger partial charge on any atom is 0.306 e. The van der Waals surface area contributed by atoms with Crippen molar-refractivity contribution in [3.05, 3.63) is 24.2 Å². The maximum absolute atomic E-state index is 12.2. The van der Waals surface area contributed by atoms with Gasteiger partial charge in [0, 0.05) is 20.1 Å². The number of aliphatic carboxylic acids is 1. The number of carbonyl (C=O) groups is 2. The molecule has 1 unspecified atom stereocenters. The summed E-state index contributed by atoms with van der Waals surface area (Å²) >= 11 is 0. The highest BCUT2D eigenvalue weighted by atomic mass is 16.5. The number of carboxylic acids is 1. The van der Waals surface area contributed by atoms with E-state index >= 15 is 0 Å². The van der Waals surface area contributed by atoms with Gasteiger partial charge in [-0.15, -0.1) is 0 Å². The Morgan fingerprint density at radius 2 is 2.33 bits per heavy atom. The summed E-state index contributed by atoms with van der Waals surface area (Å²) in [7, 11) is 1.72. The molecule has 2 rings (SSSR count). The summed E-state index contributed by atoms with van der Waals surface area (Å²) in [6, 6.07) is 3.60. The SMILES string of the molecule is CN(Cc1ccco1)C(=O)CN1CCOC(CC(=O)O)C1. The molecule has 0 bridgehead atoms. The van der Waals surface area contributed by atoms with Crippen molar-refractivity contribution in [2.75, 3.05) is 33.3 Å². The molecule has 0 saturated carbocycles. The van der Waals surface area contributed by atoms with Gasteiger partial charge < -0.3 is 19.2 Å². The van der Waals surface area contributed by atoms with E-state index in [0.29, 0.717) is 26.2 Å². The van der Waals surface area contributed by atoms with Crippen molar-refractivity contribution in [2.24, 2.45) is 0 Å². The van der Waals surface area contributed by atoms with Crippen LogP contribution in [-0.2, 0) is 20.9 Å². The third kappa shape index (κ3) is 4.87. The average Bonchev–Trinajstić information content (AvgIpc) is 2.91. The van der Waals surface area contributed by atoms with Crippen LogP contribution in [0.3, 0.4) is 0 Å². The predicted octanol–water partition coefficient (Wildman–Crippen LogP) is 0.413. The fourth-order valence-corrected chi connectivity index (χ4v) is 2.28. The van der Waals surface area contributed by atoms with Crippen molar-refractivity contribution in [3.63, 3.8) is 0 Å².